The summed E-state index contributed by atoms with van der Waals surface area (Å²) in [5.41, 5.74) is 5.82. The molecule has 1 saturated heterocycles. The second-order valence-corrected chi connectivity index (χ2v) is 5.39. The van der Waals surface area contributed by atoms with Gasteiger partial charge in [-0.05, 0) is 31.4 Å². The van der Waals surface area contributed by atoms with Crippen LogP contribution in [0.3, 0.4) is 0 Å². The van der Waals surface area contributed by atoms with E-state index in [0.29, 0.717) is 12.2 Å². The Balaban J connectivity index is 1.88. The fraction of sp³-hybridized carbons (Fsp3) is 0.357. The topological polar surface area (TPSA) is 138 Å². The molecule has 0 saturated carbocycles. The van der Waals surface area contributed by atoms with E-state index in [0.717, 1.165) is 19.3 Å². The van der Waals surface area contributed by atoms with Crippen LogP contribution in [0, 0.1) is 0 Å². The molecule has 3 rings (SSSR count). The molecule has 1 atom stereocenters. The van der Waals surface area contributed by atoms with Gasteiger partial charge in [0.25, 0.3) is 17.4 Å². The van der Waals surface area contributed by atoms with Gasteiger partial charge in [0.15, 0.2) is 0 Å². The first-order chi connectivity index (χ1) is 11.1. The number of likely N-dealkylation sites (tertiary alicyclic amines) is 1. The minimum Gasteiger partial charge on any atom is -0.364 e. The summed E-state index contributed by atoms with van der Waals surface area (Å²) in [5.74, 6) is -0.898. The lowest BCUT2D eigenvalue weighted by Gasteiger charge is -2.34. The third-order valence-electron chi connectivity index (χ3n) is 3.87. The lowest BCUT2D eigenvalue weighted by atomic mass is 9.98. The van der Waals surface area contributed by atoms with Crippen LogP contribution in [0.1, 0.15) is 52.0 Å². The maximum Gasteiger partial charge on any atom is 0.274 e. The first-order valence-electron chi connectivity index (χ1n) is 7.28. The van der Waals surface area contributed by atoms with E-state index in [1.165, 1.54) is 12.1 Å². The van der Waals surface area contributed by atoms with E-state index >= 15 is 0 Å². The fourth-order valence-electron chi connectivity index (χ4n) is 2.74. The van der Waals surface area contributed by atoms with Crippen LogP contribution in [-0.4, -0.2) is 43.7 Å². The highest BCUT2D eigenvalue weighted by molar-refractivity contribution is 5.93. The van der Waals surface area contributed by atoms with E-state index in [9.17, 15) is 14.4 Å². The van der Waals surface area contributed by atoms with Crippen LogP contribution in [0.25, 0.3) is 0 Å². The molecule has 3 heterocycles. The predicted molar refractivity (Wildman–Crippen MR) is 79.6 cm³/mol. The van der Waals surface area contributed by atoms with Crippen molar-refractivity contribution in [2.45, 2.75) is 25.3 Å². The molecule has 1 fully saturated rings. The summed E-state index contributed by atoms with van der Waals surface area (Å²) in [6, 6.07) is 4.00. The van der Waals surface area contributed by atoms with Crippen LogP contribution in [0.4, 0.5) is 0 Å². The van der Waals surface area contributed by atoms with Crippen LogP contribution in [0.5, 0.6) is 0 Å². The Hall–Kier alpha value is -2.97. The molecule has 2 aromatic heterocycles. The van der Waals surface area contributed by atoms with Crippen LogP contribution in [0.15, 0.2) is 23.0 Å². The minimum atomic E-state index is -0.622. The van der Waals surface area contributed by atoms with Crippen LogP contribution in [0.2, 0.25) is 0 Å². The quantitative estimate of drug-likeness (QED) is 0.729. The predicted octanol–water partition coefficient (Wildman–Crippen LogP) is -0.0407. The first-order valence-corrected chi connectivity index (χ1v) is 7.28. The second-order valence-electron chi connectivity index (χ2n) is 5.39. The van der Waals surface area contributed by atoms with Crippen LogP contribution in [-0.2, 0) is 0 Å². The van der Waals surface area contributed by atoms with Crippen LogP contribution < -0.4 is 11.3 Å². The molecule has 4 N–H and O–H groups in total. The number of aromatic nitrogens is 4. The number of carbonyl (C=O) groups is 2. The maximum atomic E-state index is 12.7. The van der Waals surface area contributed by atoms with Crippen LogP contribution >= 0.6 is 0 Å². The summed E-state index contributed by atoms with van der Waals surface area (Å²) >= 11 is 0. The molecule has 0 bridgehead atoms. The summed E-state index contributed by atoms with van der Waals surface area (Å²) in [4.78, 5) is 36.6. The van der Waals surface area contributed by atoms with E-state index < -0.39 is 5.91 Å². The van der Waals surface area contributed by atoms with Crippen molar-refractivity contribution < 1.29 is 9.59 Å². The molecular formula is C14H16N6O3. The first kappa shape index (κ1) is 14.9. The molecule has 23 heavy (non-hydrogen) atoms. The lowest BCUT2D eigenvalue weighted by molar-refractivity contribution is 0.0598. The number of H-pyrrole nitrogens is 2. The summed E-state index contributed by atoms with van der Waals surface area (Å²) in [5, 5.41) is 12.7. The number of nitrogens with two attached hydrogens (primary N) is 1. The maximum absolute atomic E-state index is 12.7. The Morgan fingerprint density at radius 1 is 1.17 bits per heavy atom. The molecule has 9 nitrogen and oxygen atoms in total. The monoisotopic (exact) mass is 316 g/mol. The molecule has 120 valence electrons. The number of hydrogen-bond acceptors (Lipinski definition) is 5. The van der Waals surface area contributed by atoms with Gasteiger partial charge in [0.1, 0.15) is 11.4 Å². The molecule has 1 unspecified atom stereocenters. The van der Waals surface area contributed by atoms with Gasteiger partial charge >= 0.3 is 0 Å². The van der Waals surface area contributed by atoms with Gasteiger partial charge in [-0.3, -0.25) is 19.5 Å². The number of primary amides is 1. The van der Waals surface area contributed by atoms with Gasteiger partial charge in [0, 0.05) is 12.6 Å². The molecule has 0 aliphatic carbocycles. The third-order valence-corrected chi connectivity index (χ3v) is 3.87. The highest BCUT2D eigenvalue weighted by atomic mass is 16.2. The highest BCUT2D eigenvalue weighted by Gasteiger charge is 2.31. The van der Waals surface area contributed by atoms with Crippen molar-refractivity contribution in [1.29, 1.82) is 0 Å². The Bertz CT molecular complexity index is 775. The van der Waals surface area contributed by atoms with Gasteiger partial charge in [0.2, 0.25) is 0 Å². The van der Waals surface area contributed by atoms with Gasteiger partial charge in [-0.15, -0.1) is 0 Å². The number of aromatic amines is 2. The molecule has 2 aromatic rings. The Labute approximate surface area is 130 Å². The third kappa shape index (κ3) is 2.98. The lowest BCUT2D eigenvalue weighted by Crippen LogP contribution is -2.39. The average molecular weight is 316 g/mol. The molecule has 2 amide bonds. The van der Waals surface area contributed by atoms with Crippen molar-refractivity contribution in [1.82, 2.24) is 25.3 Å². The summed E-state index contributed by atoms with van der Waals surface area (Å²) in [6.45, 7) is 0.565. The summed E-state index contributed by atoms with van der Waals surface area (Å²) in [6.07, 6.45) is 2.58. The van der Waals surface area contributed by atoms with Gasteiger partial charge in [-0.1, -0.05) is 0 Å². The van der Waals surface area contributed by atoms with E-state index in [2.05, 4.69) is 20.4 Å². The molecule has 9 heteroatoms. The van der Waals surface area contributed by atoms with Crippen molar-refractivity contribution in [2.24, 2.45) is 5.73 Å². The standard InChI is InChI=1S/C14H16N6O3/c15-13(22)10-7-9(17-18-10)11-3-1-2-6-20(11)14(23)8-4-5-12(21)19-16-8/h4-5,7,11H,1-3,6H2,(H2,15,22)(H,17,18)(H,19,21). The number of carbonyl (C=O) groups excluding carboxylic acids is 2. The van der Waals surface area contributed by atoms with E-state index in [4.69, 9.17) is 5.73 Å². The molecule has 1 aliphatic rings. The van der Waals surface area contributed by atoms with Gasteiger partial charge in [0.05, 0.1) is 11.7 Å². The van der Waals surface area contributed by atoms with E-state index in [1.54, 1.807) is 11.0 Å². The van der Waals surface area contributed by atoms with Gasteiger partial charge in [-0.2, -0.15) is 10.2 Å². The van der Waals surface area contributed by atoms with Crippen molar-refractivity contribution >= 4 is 11.8 Å². The number of rotatable bonds is 3. The van der Waals surface area contributed by atoms with Gasteiger partial charge < -0.3 is 10.6 Å². The molecule has 1 aliphatic heterocycles. The Kier molecular flexibility index (Phi) is 3.92. The zero-order chi connectivity index (χ0) is 16.4. The zero-order valence-electron chi connectivity index (χ0n) is 12.3. The normalized spacial score (nSPS) is 17.9. The Morgan fingerprint density at radius 3 is 2.61 bits per heavy atom. The number of piperidine rings is 1. The number of amides is 2. The van der Waals surface area contributed by atoms with Crippen molar-refractivity contribution in [3.05, 3.63) is 45.6 Å². The molecule has 0 radical (unpaired) electrons. The Morgan fingerprint density at radius 2 is 1.96 bits per heavy atom. The number of hydrogen-bond donors (Lipinski definition) is 3. The molecular weight excluding hydrogens is 300 g/mol. The minimum absolute atomic E-state index is 0.139. The molecule has 0 aromatic carbocycles. The molecule has 0 spiro atoms. The van der Waals surface area contributed by atoms with Gasteiger partial charge in [-0.25, -0.2) is 5.10 Å². The summed E-state index contributed by atoms with van der Waals surface area (Å²) in [7, 11) is 0. The smallest absolute Gasteiger partial charge is 0.274 e. The average Bonchev–Trinajstić information content (AvgIpc) is 3.05. The second kappa shape index (κ2) is 6.03. The zero-order valence-corrected chi connectivity index (χ0v) is 12.3. The van der Waals surface area contributed by atoms with Crippen molar-refractivity contribution in [3.63, 3.8) is 0 Å². The van der Waals surface area contributed by atoms with E-state index in [1.807, 2.05) is 0 Å². The summed E-state index contributed by atoms with van der Waals surface area (Å²) < 4.78 is 0. The fourth-order valence-corrected chi connectivity index (χ4v) is 2.74. The van der Waals surface area contributed by atoms with E-state index in [-0.39, 0.29) is 28.9 Å². The SMILES string of the molecule is NC(=O)c1cc(C2CCCCN2C(=O)c2ccc(=O)[nH]n2)[nH]n1. The number of nitrogens with zero attached hydrogens (tertiary/aromatic N) is 3. The largest absolute Gasteiger partial charge is 0.364 e. The number of nitrogens with one attached hydrogen (secondary N) is 2. The highest BCUT2D eigenvalue weighted by Crippen LogP contribution is 2.31. The van der Waals surface area contributed by atoms with Crippen molar-refractivity contribution in [2.75, 3.05) is 6.54 Å². The van der Waals surface area contributed by atoms with Crippen molar-refractivity contribution in [3.8, 4) is 0 Å².